The van der Waals surface area contributed by atoms with Crippen LogP contribution in [0.5, 0.6) is 0 Å². The Morgan fingerprint density at radius 3 is 2.44 bits per heavy atom. The van der Waals surface area contributed by atoms with Crippen LogP contribution < -0.4 is 19.2 Å². The van der Waals surface area contributed by atoms with E-state index in [1.807, 2.05) is 37.7 Å². The molecule has 1 aromatic rings. The Morgan fingerprint density at radius 1 is 1.22 bits per heavy atom. The van der Waals surface area contributed by atoms with E-state index >= 15 is 0 Å². The summed E-state index contributed by atoms with van der Waals surface area (Å²) in [5, 5.41) is 1.01. The van der Waals surface area contributed by atoms with Crippen molar-refractivity contribution in [3.05, 3.63) is 4.80 Å². The fourth-order valence-corrected chi connectivity index (χ4v) is 2.52. The summed E-state index contributed by atoms with van der Waals surface area (Å²) in [6.45, 7) is 3.33. The monoisotopic (exact) mass is 270 g/mol. The summed E-state index contributed by atoms with van der Waals surface area (Å²) in [5.41, 5.74) is 0. The maximum atomic E-state index is 5.38. The van der Waals surface area contributed by atoms with Gasteiger partial charge in [0.2, 0.25) is 0 Å². The van der Waals surface area contributed by atoms with Gasteiger partial charge in [-0.3, -0.25) is 4.58 Å². The zero-order valence-electron chi connectivity index (χ0n) is 11.4. The summed E-state index contributed by atoms with van der Waals surface area (Å²) in [5.74, 6) is 0.749. The lowest BCUT2D eigenvalue weighted by atomic mass is 10.5. The molecule has 2 rings (SSSR count). The topological polar surface area (TPSA) is 44.5 Å². The molecule has 18 heavy (non-hydrogen) atoms. The molecule has 1 saturated heterocycles. The second-order valence-electron chi connectivity index (χ2n) is 4.58. The molecule has 0 radical (unpaired) electrons. The van der Waals surface area contributed by atoms with Crippen LogP contribution >= 0.6 is 11.3 Å². The highest BCUT2D eigenvalue weighted by atomic mass is 32.1. The third kappa shape index (κ3) is 2.97. The van der Waals surface area contributed by atoms with Crippen molar-refractivity contribution in [1.29, 1.82) is 0 Å². The first-order valence-corrected chi connectivity index (χ1v) is 6.79. The van der Waals surface area contributed by atoms with E-state index < -0.39 is 0 Å². The fraction of sp³-hybridized carbons (Fsp3) is 0.727. The van der Waals surface area contributed by atoms with Crippen LogP contribution in [0.3, 0.4) is 0 Å². The first-order valence-electron chi connectivity index (χ1n) is 5.97. The number of aromatic nitrogens is 2. The van der Waals surface area contributed by atoms with Crippen molar-refractivity contribution < 1.29 is 4.74 Å². The predicted octanol–water partition coefficient (Wildman–Crippen LogP) is -0.527. The van der Waals surface area contributed by atoms with E-state index in [1.54, 1.807) is 11.3 Å². The second kappa shape index (κ2) is 5.62. The molecule has 0 aliphatic carbocycles. The molecular formula is C11H20N5OS+. The zero-order valence-corrected chi connectivity index (χ0v) is 12.2. The average molecular weight is 270 g/mol. The van der Waals surface area contributed by atoms with Crippen LogP contribution in [0.25, 0.3) is 0 Å². The van der Waals surface area contributed by atoms with E-state index in [0.29, 0.717) is 0 Å². The molecule has 1 aliphatic rings. The minimum absolute atomic E-state index is 0.749. The summed E-state index contributed by atoms with van der Waals surface area (Å²) >= 11 is 1.62. The molecule has 1 aromatic heterocycles. The highest BCUT2D eigenvalue weighted by Crippen LogP contribution is 2.17. The Hall–Kier alpha value is -1.21. The quantitative estimate of drug-likeness (QED) is 0.676. The van der Waals surface area contributed by atoms with Crippen LogP contribution in [0.2, 0.25) is 0 Å². The van der Waals surface area contributed by atoms with Gasteiger partial charge in [0.15, 0.2) is 5.13 Å². The first kappa shape index (κ1) is 13.2. The molecule has 0 amide bonds. The van der Waals surface area contributed by atoms with Crippen LogP contribution in [-0.4, -0.2) is 64.5 Å². The molecule has 0 bridgehead atoms. The highest BCUT2D eigenvalue weighted by molar-refractivity contribution is 7.12. The number of hydrogen-bond donors (Lipinski definition) is 0. The summed E-state index contributed by atoms with van der Waals surface area (Å²) in [7, 11) is 7.92. The van der Waals surface area contributed by atoms with E-state index in [4.69, 9.17) is 4.74 Å². The summed E-state index contributed by atoms with van der Waals surface area (Å²) in [4.78, 5) is 14.3. The maximum absolute atomic E-state index is 5.38. The standard InChI is InChI=1S/C11H20N5OS/c1-14(2)9-12-10(15(3)4)18-11(13-9)16-5-7-17-8-6-16/h5-8H2,1-4H3/q+1. The van der Waals surface area contributed by atoms with Crippen LogP contribution in [-0.2, 0) is 4.74 Å². The van der Waals surface area contributed by atoms with E-state index in [2.05, 4.69) is 14.9 Å². The molecule has 0 unspecified atom stereocenters. The Balaban J connectivity index is 2.43. The van der Waals surface area contributed by atoms with Gasteiger partial charge >= 0.3 is 10.7 Å². The molecule has 7 heteroatoms. The van der Waals surface area contributed by atoms with Gasteiger partial charge in [-0.15, -0.1) is 0 Å². The third-order valence-corrected chi connectivity index (χ3v) is 3.81. The van der Waals surface area contributed by atoms with Crippen LogP contribution in [0.1, 0.15) is 0 Å². The Labute approximate surface area is 111 Å². The number of hydrogen-bond acceptors (Lipinski definition) is 6. The van der Waals surface area contributed by atoms with Crippen molar-refractivity contribution in [2.75, 3.05) is 64.3 Å². The molecular weight excluding hydrogens is 250 g/mol. The highest BCUT2D eigenvalue weighted by Gasteiger charge is 2.18. The fourth-order valence-electron chi connectivity index (χ4n) is 1.60. The van der Waals surface area contributed by atoms with Gasteiger partial charge in [-0.05, 0) is 11.3 Å². The number of morpholine rings is 1. The van der Waals surface area contributed by atoms with Crippen LogP contribution in [0.4, 0.5) is 11.1 Å². The van der Waals surface area contributed by atoms with Gasteiger partial charge in [-0.1, -0.05) is 0 Å². The van der Waals surface area contributed by atoms with Gasteiger partial charge in [0.1, 0.15) is 0 Å². The Kier molecular flexibility index (Phi) is 4.13. The lowest BCUT2D eigenvalue weighted by molar-refractivity contribution is 0.122. The van der Waals surface area contributed by atoms with Crippen LogP contribution in [0, 0.1) is 0 Å². The largest absolute Gasteiger partial charge is 0.384 e. The van der Waals surface area contributed by atoms with Crippen LogP contribution in [0.15, 0.2) is 0 Å². The number of anilines is 2. The van der Waals surface area contributed by atoms with E-state index in [-0.39, 0.29) is 0 Å². The van der Waals surface area contributed by atoms with Crippen molar-refractivity contribution in [3.63, 3.8) is 0 Å². The molecule has 1 aliphatic heterocycles. The summed E-state index contributed by atoms with van der Waals surface area (Å²) < 4.78 is 7.39. The minimum atomic E-state index is 0.749. The average Bonchev–Trinajstić information content (AvgIpc) is 2.39. The van der Waals surface area contributed by atoms with Gasteiger partial charge in [-0.25, -0.2) is 0 Å². The first-order chi connectivity index (χ1) is 8.58. The molecule has 100 valence electrons. The van der Waals surface area contributed by atoms with Crippen molar-refractivity contribution in [3.8, 4) is 0 Å². The summed E-state index contributed by atoms with van der Waals surface area (Å²) in [6, 6.07) is 0. The van der Waals surface area contributed by atoms with Gasteiger partial charge in [0.25, 0.3) is 0 Å². The lowest BCUT2D eigenvalue weighted by Crippen LogP contribution is -2.37. The smallest absolute Gasteiger partial charge is 0.378 e. The number of nitrogens with zero attached hydrogens (tertiary/aromatic N) is 5. The number of rotatable bonds is 2. The molecule has 0 aromatic carbocycles. The predicted molar refractivity (Wildman–Crippen MR) is 74.4 cm³/mol. The molecule has 0 N–H and O–H groups in total. The van der Waals surface area contributed by atoms with E-state index in [9.17, 15) is 0 Å². The second-order valence-corrected chi connectivity index (χ2v) is 5.51. The summed E-state index contributed by atoms with van der Waals surface area (Å²) in [6.07, 6.45) is 0. The molecule has 6 nitrogen and oxygen atoms in total. The molecule has 1 fully saturated rings. The minimum Gasteiger partial charge on any atom is -0.378 e. The van der Waals surface area contributed by atoms with Crippen molar-refractivity contribution in [2.24, 2.45) is 0 Å². The molecule has 0 saturated carbocycles. The van der Waals surface area contributed by atoms with Crippen molar-refractivity contribution >= 4 is 22.4 Å². The SMILES string of the molecule is CN(C)c1nc(N2CCOCC2)sc(=[N+](C)C)n1. The molecule has 0 spiro atoms. The lowest BCUT2D eigenvalue weighted by Gasteiger charge is -2.26. The van der Waals surface area contributed by atoms with E-state index in [0.717, 1.165) is 42.2 Å². The third-order valence-electron chi connectivity index (χ3n) is 2.64. The number of ether oxygens (including phenoxy) is 1. The normalized spacial score (nSPS) is 15.7. The van der Waals surface area contributed by atoms with E-state index in [1.165, 1.54) is 0 Å². The maximum Gasteiger partial charge on any atom is 0.384 e. The molecule has 2 heterocycles. The van der Waals surface area contributed by atoms with Gasteiger partial charge in [-0.2, -0.15) is 4.98 Å². The Bertz CT molecular complexity index is 475. The van der Waals surface area contributed by atoms with Gasteiger partial charge in [0.05, 0.1) is 27.3 Å². The van der Waals surface area contributed by atoms with Gasteiger partial charge < -0.3 is 14.5 Å². The molecule has 0 atom stereocenters. The Morgan fingerprint density at radius 2 is 1.89 bits per heavy atom. The van der Waals surface area contributed by atoms with Crippen molar-refractivity contribution in [2.45, 2.75) is 0 Å². The zero-order chi connectivity index (χ0) is 13.1. The van der Waals surface area contributed by atoms with Gasteiger partial charge in [0, 0.05) is 32.2 Å². The van der Waals surface area contributed by atoms with Crippen molar-refractivity contribution in [1.82, 2.24) is 14.5 Å².